The average Bonchev–Trinajstić information content (AvgIpc) is 2.49. The van der Waals surface area contributed by atoms with Crippen molar-refractivity contribution in [1.29, 1.82) is 0 Å². The van der Waals surface area contributed by atoms with Crippen molar-refractivity contribution in [1.82, 2.24) is 10.6 Å². The van der Waals surface area contributed by atoms with Crippen molar-refractivity contribution < 1.29 is 9.53 Å². The first-order valence-electron chi connectivity index (χ1n) is 7.38. The van der Waals surface area contributed by atoms with Crippen LogP contribution < -0.4 is 15.4 Å². The summed E-state index contributed by atoms with van der Waals surface area (Å²) < 4.78 is 5.77. The van der Waals surface area contributed by atoms with E-state index >= 15 is 0 Å². The maximum absolute atomic E-state index is 11.2. The Bertz CT molecular complexity index is 407. The van der Waals surface area contributed by atoms with Gasteiger partial charge in [-0.25, -0.2) is 0 Å². The fraction of sp³-hybridized carbons (Fsp3) is 0.562. The zero-order valence-corrected chi connectivity index (χ0v) is 12.7. The van der Waals surface area contributed by atoms with Crippen LogP contribution in [0.1, 0.15) is 44.7 Å². The zero-order chi connectivity index (χ0) is 14.8. The molecule has 20 heavy (non-hydrogen) atoms. The van der Waals surface area contributed by atoms with Crippen molar-refractivity contribution in [3.8, 4) is 5.75 Å². The van der Waals surface area contributed by atoms with Crippen LogP contribution in [0.5, 0.6) is 5.75 Å². The summed E-state index contributed by atoms with van der Waals surface area (Å²) >= 11 is 0. The maximum Gasteiger partial charge on any atom is 0.223 e. The molecule has 0 fully saturated rings. The fourth-order valence-electron chi connectivity index (χ4n) is 2.07. The predicted octanol–water partition coefficient (Wildman–Crippen LogP) is 2.65. The number of rotatable bonds is 9. The molecule has 2 N–H and O–H groups in total. The van der Waals surface area contributed by atoms with Gasteiger partial charge in [-0.15, -0.1) is 0 Å². The van der Waals surface area contributed by atoms with Gasteiger partial charge < -0.3 is 15.4 Å². The molecule has 0 heterocycles. The summed E-state index contributed by atoms with van der Waals surface area (Å²) in [5, 5.41) is 6.12. The van der Waals surface area contributed by atoms with E-state index in [1.165, 1.54) is 5.56 Å². The van der Waals surface area contributed by atoms with Crippen LogP contribution in [0.2, 0.25) is 0 Å². The maximum atomic E-state index is 11.2. The highest BCUT2D eigenvalue weighted by atomic mass is 16.5. The third-order valence-corrected chi connectivity index (χ3v) is 3.21. The van der Waals surface area contributed by atoms with Gasteiger partial charge in [0.2, 0.25) is 5.91 Å². The number of carbonyl (C=O) groups is 1. The lowest BCUT2D eigenvalue weighted by Gasteiger charge is -2.20. The largest absolute Gasteiger partial charge is 0.493 e. The van der Waals surface area contributed by atoms with Crippen molar-refractivity contribution in [3.63, 3.8) is 0 Å². The zero-order valence-electron chi connectivity index (χ0n) is 12.7. The minimum atomic E-state index is -0.00127. The second kappa shape index (κ2) is 9.37. The Morgan fingerprint density at radius 3 is 2.70 bits per heavy atom. The number of benzene rings is 1. The van der Waals surface area contributed by atoms with Crippen LogP contribution in [0, 0.1) is 0 Å². The molecule has 1 atom stereocenters. The predicted molar refractivity (Wildman–Crippen MR) is 81.9 cm³/mol. The third kappa shape index (κ3) is 5.21. The number of hydrogen-bond acceptors (Lipinski definition) is 3. The van der Waals surface area contributed by atoms with Crippen LogP contribution >= 0.6 is 0 Å². The van der Waals surface area contributed by atoms with Gasteiger partial charge in [0.05, 0.1) is 13.0 Å². The smallest absolute Gasteiger partial charge is 0.223 e. The van der Waals surface area contributed by atoms with E-state index in [9.17, 15) is 4.79 Å². The van der Waals surface area contributed by atoms with Crippen molar-refractivity contribution in [2.45, 2.75) is 39.2 Å². The monoisotopic (exact) mass is 278 g/mol. The molecule has 0 radical (unpaired) electrons. The van der Waals surface area contributed by atoms with Gasteiger partial charge in [0.25, 0.3) is 0 Å². The molecule has 4 heteroatoms. The summed E-state index contributed by atoms with van der Waals surface area (Å²) in [5.41, 5.74) is 1.17. The Hall–Kier alpha value is -1.55. The summed E-state index contributed by atoms with van der Waals surface area (Å²) in [6.07, 6.45) is 2.50. The van der Waals surface area contributed by atoms with Gasteiger partial charge >= 0.3 is 0 Å². The Labute approximate surface area is 121 Å². The standard InChI is InChI=1S/C16H26N2O2/c1-4-11-18-14(5-2)13-8-6-7-9-15(13)20-12-10-16(19)17-3/h6-9,14,18H,4-5,10-12H2,1-3H3,(H,17,19). The summed E-state index contributed by atoms with van der Waals surface area (Å²) in [6, 6.07) is 8.34. The summed E-state index contributed by atoms with van der Waals surface area (Å²) in [4.78, 5) is 11.2. The van der Waals surface area contributed by atoms with Crippen LogP contribution in [-0.2, 0) is 4.79 Å². The molecule has 0 aliphatic heterocycles. The lowest BCUT2D eigenvalue weighted by atomic mass is 10.0. The molecule has 0 saturated heterocycles. The molecule has 1 rings (SSSR count). The van der Waals surface area contributed by atoms with E-state index in [1.807, 2.05) is 18.2 Å². The molecule has 1 unspecified atom stereocenters. The molecule has 1 aromatic rings. The second-order valence-electron chi connectivity index (χ2n) is 4.72. The molecular weight excluding hydrogens is 252 g/mol. The first-order valence-corrected chi connectivity index (χ1v) is 7.38. The minimum Gasteiger partial charge on any atom is -0.493 e. The van der Waals surface area contributed by atoms with Crippen LogP contribution in [0.15, 0.2) is 24.3 Å². The highest BCUT2D eigenvalue weighted by molar-refractivity contribution is 5.75. The Morgan fingerprint density at radius 1 is 1.30 bits per heavy atom. The van der Waals surface area contributed by atoms with E-state index in [0.29, 0.717) is 19.1 Å². The number of hydrogen-bond donors (Lipinski definition) is 2. The molecule has 0 saturated carbocycles. The first kappa shape index (κ1) is 16.5. The average molecular weight is 278 g/mol. The lowest BCUT2D eigenvalue weighted by molar-refractivity contribution is -0.121. The highest BCUT2D eigenvalue weighted by Crippen LogP contribution is 2.27. The van der Waals surface area contributed by atoms with Crippen LogP contribution in [0.25, 0.3) is 0 Å². The van der Waals surface area contributed by atoms with Crippen LogP contribution in [0.3, 0.4) is 0 Å². The Balaban J connectivity index is 2.68. The molecule has 0 spiro atoms. The van der Waals surface area contributed by atoms with E-state index in [2.05, 4.69) is 30.5 Å². The molecule has 4 nitrogen and oxygen atoms in total. The summed E-state index contributed by atoms with van der Waals surface area (Å²) in [6.45, 7) is 5.71. The van der Waals surface area contributed by atoms with E-state index in [1.54, 1.807) is 7.05 Å². The normalized spacial score (nSPS) is 11.9. The lowest BCUT2D eigenvalue weighted by Crippen LogP contribution is -2.23. The molecular formula is C16H26N2O2. The van der Waals surface area contributed by atoms with E-state index in [0.717, 1.165) is 25.1 Å². The third-order valence-electron chi connectivity index (χ3n) is 3.21. The number of carbonyl (C=O) groups excluding carboxylic acids is 1. The second-order valence-corrected chi connectivity index (χ2v) is 4.72. The number of ether oxygens (including phenoxy) is 1. The Morgan fingerprint density at radius 2 is 2.05 bits per heavy atom. The van der Waals surface area contributed by atoms with Gasteiger partial charge in [0, 0.05) is 18.7 Å². The fourth-order valence-corrected chi connectivity index (χ4v) is 2.07. The number of amides is 1. The van der Waals surface area contributed by atoms with E-state index in [4.69, 9.17) is 4.74 Å². The van der Waals surface area contributed by atoms with Crippen molar-refractivity contribution in [2.24, 2.45) is 0 Å². The van der Waals surface area contributed by atoms with Gasteiger partial charge in [-0.1, -0.05) is 32.0 Å². The van der Waals surface area contributed by atoms with Gasteiger partial charge in [0.1, 0.15) is 5.75 Å². The minimum absolute atomic E-state index is 0.00127. The molecule has 0 aromatic heterocycles. The van der Waals surface area contributed by atoms with Crippen molar-refractivity contribution >= 4 is 5.91 Å². The molecule has 0 bridgehead atoms. The van der Waals surface area contributed by atoms with E-state index < -0.39 is 0 Å². The summed E-state index contributed by atoms with van der Waals surface area (Å²) in [7, 11) is 1.64. The van der Waals surface area contributed by atoms with Gasteiger partial charge in [0.15, 0.2) is 0 Å². The van der Waals surface area contributed by atoms with Crippen LogP contribution in [-0.4, -0.2) is 26.1 Å². The molecule has 1 aromatic carbocycles. The highest BCUT2D eigenvalue weighted by Gasteiger charge is 2.13. The summed E-state index contributed by atoms with van der Waals surface area (Å²) in [5.74, 6) is 0.866. The molecule has 0 aliphatic carbocycles. The van der Waals surface area contributed by atoms with Gasteiger partial charge in [-0.05, 0) is 25.5 Å². The van der Waals surface area contributed by atoms with Crippen LogP contribution in [0.4, 0.5) is 0 Å². The molecule has 0 aliphatic rings. The quantitative estimate of drug-likeness (QED) is 0.730. The van der Waals surface area contributed by atoms with Gasteiger partial charge in [-0.2, -0.15) is 0 Å². The number of nitrogens with one attached hydrogen (secondary N) is 2. The molecule has 1 amide bonds. The van der Waals surface area contributed by atoms with Gasteiger partial charge in [-0.3, -0.25) is 4.79 Å². The van der Waals surface area contributed by atoms with E-state index in [-0.39, 0.29) is 5.91 Å². The Kier molecular flexibility index (Phi) is 7.73. The first-order chi connectivity index (χ1) is 9.72. The van der Waals surface area contributed by atoms with Crippen molar-refractivity contribution in [2.75, 3.05) is 20.2 Å². The topological polar surface area (TPSA) is 50.4 Å². The number of para-hydroxylation sites is 1. The molecule has 112 valence electrons. The van der Waals surface area contributed by atoms with Crippen molar-refractivity contribution in [3.05, 3.63) is 29.8 Å². The SMILES string of the molecule is CCCNC(CC)c1ccccc1OCCC(=O)NC.